The zero-order valence-electron chi connectivity index (χ0n) is 33.0. The summed E-state index contributed by atoms with van der Waals surface area (Å²) in [6.07, 6.45) is 14.8. The SMILES string of the molecule is CCCCCCCCCCCCCOCCOCCOCCOCCOCCOCCOCCOCCOCCOCCOCCOCC(=O)OC. The van der Waals surface area contributed by atoms with Crippen molar-refractivity contribution < 1.29 is 66.4 Å². The lowest BCUT2D eigenvalue weighted by molar-refractivity contribution is -0.146. The van der Waals surface area contributed by atoms with Crippen molar-refractivity contribution >= 4 is 5.97 Å². The predicted molar refractivity (Wildman–Crippen MR) is 198 cm³/mol. The van der Waals surface area contributed by atoms with Crippen molar-refractivity contribution in [2.24, 2.45) is 0 Å². The van der Waals surface area contributed by atoms with Crippen LogP contribution in [0.5, 0.6) is 0 Å². The first-order valence-corrected chi connectivity index (χ1v) is 19.8. The van der Waals surface area contributed by atoms with Crippen molar-refractivity contribution in [2.45, 2.75) is 77.6 Å². The molecule has 0 atom stereocenters. The van der Waals surface area contributed by atoms with Crippen LogP contribution >= 0.6 is 0 Å². The fraction of sp³-hybridized carbons (Fsp3) is 0.974. The summed E-state index contributed by atoms with van der Waals surface area (Å²) in [4.78, 5) is 10.9. The molecule has 0 fully saturated rings. The first-order valence-electron chi connectivity index (χ1n) is 19.8. The van der Waals surface area contributed by atoms with Gasteiger partial charge in [0.05, 0.1) is 152 Å². The quantitative estimate of drug-likeness (QED) is 0.0628. The van der Waals surface area contributed by atoms with Gasteiger partial charge in [-0.1, -0.05) is 71.1 Å². The standard InChI is InChI=1S/C38H76O14/c1-3-4-5-6-7-8-9-10-11-12-13-14-41-15-16-42-17-18-43-19-20-44-21-22-45-23-24-46-25-26-47-27-28-48-29-30-49-31-32-50-33-34-51-35-36-52-37-38(39)40-2/h3-37H2,1-2H3. The molecule has 0 aliphatic heterocycles. The Kier molecular flexibility index (Phi) is 47.1. The van der Waals surface area contributed by atoms with Gasteiger partial charge in [-0.2, -0.15) is 0 Å². The van der Waals surface area contributed by atoms with Crippen molar-refractivity contribution in [3.8, 4) is 0 Å². The minimum absolute atomic E-state index is 0.0691. The lowest BCUT2D eigenvalue weighted by Crippen LogP contribution is -2.16. The summed E-state index contributed by atoms with van der Waals surface area (Å²) in [7, 11) is 1.32. The van der Waals surface area contributed by atoms with Gasteiger partial charge in [0, 0.05) is 6.61 Å². The van der Waals surface area contributed by atoms with Crippen LogP contribution in [0.1, 0.15) is 77.6 Å². The minimum atomic E-state index is -0.406. The predicted octanol–water partition coefficient (Wildman–Crippen LogP) is 4.67. The summed E-state index contributed by atoms with van der Waals surface area (Å²) in [5, 5.41) is 0. The van der Waals surface area contributed by atoms with Crippen LogP contribution in [0.4, 0.5) is 0 Å². The van der Waals surface area contributed by atoms with Gasteiger partial charge < -0.3 is 61.6 Å². The number of rotatable bonds is 47. The van der Waals surface area contributed by atoms with Gasteiger partial charge in [0.25, 0.3) is 0 Å². The Hall–Kier alpha value is -1.01. The second kappa shape index (κ2) is 48.0. The van der Waals surface area contributed by atoms with Crippen LogP contribution in [-0.4, -0.2) is 172 Å². The molecule has 14 heteroatoms. The average Bonchev–Trinajstić information content (AvgIpc) is 3.16. The second-order valence-corrected chi connectivity index (χ2v) is 11.9. The highest BCUT2D eigenvalue weighted by Gasteiger charge is 2.00. The summed E-state index contributed by atoms with van der Waals surface area (Å²) >= 11 is 0. The van der Waals surface area contributed by atoms with E-state index < -0.39 is 5.97 Å². The monoisotopic (exact) mass is 757 g/mol. The molecular weight excluding hydrogens is 680 g/mol. The molecule has 0 aromatic carbocycles. The topological polar surface area (TPSA) is 137 Å². The number of hydrogen-bond donors (Lipinski definition) is 0. The summed E-state index contributed by atoms with van der Waals surface area (Å²) in [6, 6.07) is 0. The number of carbonyl (C=O) groups is 1. The maximum atomic E-state index is 10.9. The molecular formula is C38H76O14. The highest BCUT2D eigenvalue weighted by Crippen LogP contribution is 2.11. The Balaban J connectivity index is 3.06. The molecule has 0 aliphatic carbocycles. The van der Waals surface area contributed by atoms with E-state index >= 15 is 0 Å². The van der Waals surface area contributed by atoms with Gasteiger partial charge in [0.2, 0.25) is 0 Å². The zero-order valence-corrected chi connectivity index (χ0v) is 33.0. The number of unbranched alkanes of at least 4 members (excludes halogenated alkanes) is 10. The molecule has 0 spiro atoms. The van der Waals surface area contributed by atoms with Gasteiger partial charge in [-0.25, -0.2) is 4.79 Å². The van der Waals surface area contributed by atoms with Crippen LogP contribution in [0.25, 0.3) is 0 Å². The van der Waals surface area contributed by atoms with Crippen molar-refractivity contribution in [2.75, 3.05) is 166 Å². The number of esters is 1. The first kappa shape index (κ1) is 51.0. The molecule has 0 aromatic rings. The van der Waals surface area contributed by atoms with E-state index in [1.54, 1.807) is 0 Å². The van der Waals surface area contributed by atoms with Crippen molar-refractivity contribution in [1.29, 1.82) is 0 Å². The second-order valence-electron chi connectivity index (χ2n) is 11.9. The third-order valence-corrected chi connectivity index (χ3v) is 7.43. The molecule has 0 aliphatic rings. The molecule has 0 unspecified atom stereocenters. The molecule has 0 saturated heterocycles. The van der Waals surface area contributed by atoms with Gasteiger partial charge in [0.1, 0.15) is 6.61 Å². The number of hydrogen-bond acceptors (Lipinski definition) is 14. The van der Waals surface area contributed by atoms with Gasteiger partial charge in [0.15, 0.2) is 0 Å². The van der Waals surface area contributed by atoms with E-state index in [-0.39, 0.29) is 6.61 Å². The largest absolute Gasteiger partial charge is 0.467 e. The molecule has 0 rings (SSSR count). The maximum Gasteiger partial charge on any atom is 0.331 e. The van der Waals surface area contributed by atoms with Crippen LogP contribution in [0, 0.1) is 0 Å². The van der Waals surface area contributed by atoms with Crippen LogP contribution < -0.4 is 0 Å². The Morgan fingerprint density at radius 1 is 0.288 bits per heavy atom. The molecule has 0 amide bonds. The smallest absolute Gasteiger partial charge is 0.331 e. The Labute approximate surface area is 315 Å². The van der Waals surface area contributed by atoms with E-state index in [1.165, 1.54) is 71.3 Å². The Morgan fingerprint density at radius 2 is 0.500 bits per heavy atom. The Morgan fingerprint density at radius 3 is 0.750 bits per heavy atom. The third-order valence-electron chi connectivity index (χ3n) is 7.43. The van der Waals surface area contributed by atoms with E-state index in [0.717, 1.165) is 13.0 Å². The highest BCUT2D eigenvalue weighted by molar-refractivity contribution is 5.70. The van der Waals surface area contributed by atoms with Gasteiger partial charge in [-0.3, -0.25) is 0 Å². The highest BCUT2D eigenvalue weighted by atomic mass is 16.6. The Bertz CT molecular complexity index is 661. The fourth-order valence-corrected chi connectivity index (χ4v) is 4.50. The summed E-state index contributed by atoms with van der Waals surface area (Å²) in [5.74, 6) is -0.406. The molecule has 0 N–H and O–H groups in total. The number of methoxy groups -OCH3 is 1. The van der Waals surface area contributed by atoms with E-state index in [1.807, 2.05) is 0 Å². The molecule has 0 radical (unpaired) electrons. The van der Waals surface area contributed by atoms with Gasteiger partial charge in [-0.15, -0.1) is 0 Å². The van der Waals surface area contributed by atoms with E-state index in [4.69, 9.17) is 56.8 Å². The average molecular weight is 757 g/mol. The fourth-order valence-electron chi connectivity index (χ4n) is 4.50. The molecule has 14 nitrogen and oxygen atoms in total. The van der Waals surface area contributed by atoms with E-state index in [0.29, 0.717) is 145 Å². The van der Waals surface area contributed by atoms with Crippen molar-refractivity contribution in [3.05, 3.63) is 0 Å². The summed E-state index contributed by atoms with van der Waals surface area (Å²) in [6.45, 7) is 14.1. The van der Waals surface area contributed by atoms with E-state index in [9.17, 15) is 4.79 Å². The van der Waals surface area contributed by atoms with Gasteiger partial charge in [-0.05, 0) is 6.42 Å². The lowest BCUT2D eigenvalue weighted by Gasteiger charge is -2.09. The van der Waals surface area contributed by atoms with Crippen molar-refractivity contribution in [1.82, 2.24) is 0 Å². The minimum Gasteiger partial charge on any atom is -0.467 e. The lowest BCUT2D eigenvalue weighted by atomic mass is 10.1. The normalized spacial score (nSPS) is 11.5. The zero-order chi connectivity index (χ0) is 37.5. The molecule has 52 heavy (non-hydrogen) atoms. The van der Waals surface area contributed by atoms with Crippen LogP contribution in [0.15, 0.2) is 0 Å². The molecule has 0 heterocycles. The third kappa shape index (κ3) is 47.0. The molecule has 312 valence electrons. The van der Waals surface area contributed by atoms with Crippen molar-refractivity contribution in [3.63, 3.8) is 0 Å². The van der Waals surface area contributed by atoms with Gasteiger partial charge >= 0.3 is 5.97 Å². The number of carbonyl (C=O) groups excluding carboxylic acids is 1. The van der Waals surface area contributed by atoms with Crippen LogP contribution in [-0.2, 0) is 66.4 Å². The molecule has 0 aromatic heterocycles. The molecule has 0 bridgehead atoms. The van der Waals surface area contributed by atoms with Crippen LogP contribution in [0.3, 0.4) is 0 Å². The number of ether oxygens (including phenoxy) is 13. The van der Waals surface area contributed by atoms with Crippen LogP contribution in [0.2, 0.25) is 0 Å². The maximum absolute atomic E-state index is 10.9. The first-order chi connectivity index (χ1) is 25.8. The summed E-state index contributed by atoms with van der Waals surface area (Å²) < 4.78 is 69.9. The van der Waals surface area contributed by atoms with E-state index in [2.05, 4.69) is 11.7 Å². The summed E-state index contributed by atoms with van der Waals surface area (Å²) in [5.41, 5.74) is 0. The molecule has 0 saturated carbocycles.